The standard InChI is InChI=1S/C12H16ClNO2/c1-12(2,3)14-11(15)8-16-10-6-4-9(13)5-7-10/h4-7H,8H2,1-3H3,(H,14,15). The van der Waals surface area contributed by atoms with E-state index < -0.39 is 0 Å². The van der Waals surface area contributed by atoms with Crippen molar-refractivity contribution in [2.75, 3.05) is 6.61 Å². The van der Waals surface area contributed by atoms with E-state index in [2.05, 4.69) is 5.32 Å². The summed E-state index contributed by atoms with van der Waals surface area (Å²) in [6.45, 7) is 5.78. The number of hydrogen-bond donors (Lipinski definition) is 1. The second-order valence-corrected chi connectivity index (χ2v) is 4.98. The summed E-state index contributed by atoms with van der Waals surface area (Å²) in [7, 11) is 0. The summed E-state index contributed by atoms with van der Waals surface area (Å²) in [6.07, 6.45) is 0. The molecule has 0 heterocycles. The minimum atomic E-state index is -0.236. The third-order valence-corrected chi connectivity index (χ3v) is 1.95. The Kier molecular flexibility index (Phi) is 4.19. The molecule has 3 nitrogen and oxygen atoms in total. The number of benzene rings is 1. The van der Waals surface area contributed by atoms with Gasteiger partial charge >= 0.3 is 0 Å². The van der Waals surface area contributed by atoms with E-state index in [-0.39, 0.29) is 18.1 Å². The van der Waals surface area contributed by atoms with Crippen LogP contribution in [0.4, 0.5) is 0 Å². The van der Waals surface area contributed by atoms with Crippen LogP contribution in [0.1, 0.15) is 20.8 Å². The fourth-order valence-corrected chi connectivity index (χ4v) is 1.26. The topological polar surface area (TPSA) is 38.3 Å². The number of amides is 1. The summed E-state index contributed by atoms with van der Waals surface area (Å²) in [5.74, 6) is 0.496. The van der Waals surface area contributed by atoms with Crippen molar-refractivity contribution in [1.29, 1.82) is 0 Å². The molecule has 1 rings (SSSR count). The van der Waals surface area contributed by atoms with Crippen molar-refractivity contribution in [3.63, 3.8) is 0 Å². The molecule has 1 aromatic carbocycles. The quantitative estimate of drug-likeness (QED) is 0.884. The fourth-order valence-electron chi connectivity index (χ4n) is 1.13. The van der Waals surface area contributed by atoms with Gasteiger partial charge in [-0.1, -0.05) is 11.6 Å². The Morgan fingerprint density at radius 2 is 1.88 bits per heavy atom. The molecule has 0 saturated carbocycles. The van der Waals surface area contributed by atoms with Crippen LogP contribution in [0.15, 0.2) is 24.3 Å². The van der Waals surface area contributed by atoms with Crippen molar-refractivity contribution in [2.24, 2.45) is 0 Å². The lowest BCUT2D eigenvalue weighted by molar-refractivity contribution is -0.124. The molecule has 0 bridgehead atoms. The lowest BCUT2D eigenvalue weighted by Crippen LogP contribution is -2.43. The highest BCUT2D eigenvalue weighted by Crippen LogP contribution is 2.15. The van der Waals surface area contributed by atoms with Crippen molar-refractivity contribution in [3.05, 3.63) is 29.3 Å². The van der Waals surface area contributed by atoms with Crippen molar-refractivity contribution in [1.82, 2.24) is 5.32 Å². The third kappa shape index (κ3) is 5.03. The summed E-state index contributed by atoms with van der Waals surface area (Å²) >= 11 is 5.73. The lowest BCUT2D eigenvalue weighted by Gasteiger charge is -2.20. The minimum Gasteiger partial charge on any atom is -0.484 e. The Hall–Kier alpha value is -1.22. The molecule has 0 aliphatic heterocycles. The van der Waals surface area contributed by atoms with Crippen LogP contribution < -0.4 is 10.1 Å². The Morgan fingerprint density at radius 3 is 2.38 bits per heavy atom. The van der Waals surface area contributed by atoms with Gasteiger partial charge in [0.1, 0.15) is 5.75 Å². The zero-order valence-electron chi connectivity index (χ0n) is 9.71. The van der Waals surface area contributed by atoms with Crippen molar-refractivity contribution >= 4 is 17.5 Å². The Balaban J connectivity index is 2.40. The summed E-state index contributed by atoms with van der Waals surface area (Å²) in [5.41, 5.74) is -0.236. The Morgan fingerprint density at radius 1 is 1.31 bits per heavy atom. The van der Waals surface area contributed by atoms with E-state index in [0.717, 1.165) is 0 Å². The Labute approximate surface area is 101 Å². The van der Waals surface area contributed by atoms with Gasteiger partial charge in [0.15, 0.2) is 6.61 Å². The fraction of sp³-hybridized carbons (Fsp3) is 0.417. The Bertz CT molecular complexity index is 354. The van der Waals surface area contributed by atoms with Gasteiger partial charge in [0.25, 0.3) is 5.91 Å². The van der Waals surface area contributed by atoms with Crippen molar-refractivity contribution in [3.8, 4) is 5.75 Å². The highest BCUT2D eigenvalue weighted by molar-refractivity contribution is 6.30. The molecule has 1 amide bonds. The molecule has 0 atom stereocenters. The van der Waals surface area contributed by atoms with Gasteiger partial charge in [-0.2, -0.15) is 0 Å². The summed E-state index contributed by atoms with van der Waals surface area (Å²) < 4.78 is 5.30. The van der Waals surface area contributed by atoms with Crippen LogP contribution in [-0.4, -0.2) is 18.1 Å². The van der Waals surface area contributed by atoms with Crippen LogP contribution in [-0.2, 0) is 4.79 Å². The monoisotopic (exact) mass is 241 g/mol. The average molecular weight is 242 g/mol. The van der Waals surface area contributed by atoms with Crippen molar-refractivity contribution < 1.29 is 9.53 Å². The molecule has 0 radical (unpaired) electrons. The predicted molar refractivity (Wildman–Crippen MR) is 64.8 cm³/mol. The van der Waals surface area contributed by atoms with Gasteiger partial charge in [-0.15, -0.1) is 0 Å². The number of rotatable bonds is 3. The summed E-state index contributed by atoms with van der Waals surface area (Å²) in [5, 5.41) is 3.46. The molecular weight excluding hydrogens is 226 g/mol. The van der Waals surface area contributed by atoms with Gasteiger partial charge in [-0.25, -0.2) is 0 Å². The van der Waals surface area contributed by atoms with Crippen LogP contribution in [0.5, 0.6) is 5.75 Å². The van der Waals surface area contributed by atoms with E-state index in [1.54, 1.807) is 24.3 Å². The molecule has 0 spiro atoms. The van der Waals surface area contributed by atoms with Gasteiger partial charge in [0.05, 0.1) is 0 Å². The molecule has 16 heavy (non-hydrogen) atoms. The second kappa shape index (κ2) is 5.21. The van der Waals surface area contributed by atoms with E-state index in [9.17, 15) is 4.79 Å². The number of carbonyl (C=O) groups excluding carboxylic acids is 1. The van der Waals surface area contributed by atoms with E-state index in [4.69, 9.17) is 16.3 Å². The van der Waals surface area contributed by atoms with Crippen LogP contribution in [0.3, 0.4) is 0 Å². The average Bonchev–Trinajstić information content (AvgIpc) is 2.14. The highest BCUT2D eigenvalue weighted by Gasteiger charge is 2.13. The molecule has 1 aromatic rings. The van der Waals surface area contributed by atoms with Crippen LogP contribution in [0, 0.1) is 0 Å². The molecule has 4 heteroatoms. The minimum absolute atomic E-state index is 0.0128. The number of halogens is 1. The predicted octanol–water partition coefficient (Wildman–Crippen LogP) is 2.63. The largest absolute Gasteiger partial charge is 0.484 e. The maximum atomic E-state index is 11.4. The zero-order valence-corrected chi connectivity index (χ0v) is 10.5. The van der Waals surface area contributed by atoms with Crippen LogP contribution in [0.2, 0.25) is 5.02 Å². The zero-order chi connectivity index (χ0) is 12.2. The molecule has 0 fully saturated rings. The van der Waals surface area contributed by atoms with Gasteiger partial charge < -0.3 is 10.1 Å². The second-order valence-electron chi connectivity index (χ2n) is 4.54. The van der Waals surface area contributed by atoms with Gasteiger partial charge in [0.2, 0.25) is 0 Å². The molecule has 0 aromatic heterocycles. The van der Waals surface area contributed by atoms with Gasteiger partial charge in [-0.3, -0.25) is 4.79 Å². The van der Waals surface area contributed by atoms with E-state index in [0.29, 0.717) is 10.8 Å². The lowest BCUT2D eigenvalue weighted by atomic mass is 10.1. The molecule has 0 saturated heterocycles. The number of nitrogens with one attached hydrogen (secondary N) is 1. The molecule has 88 valence electrons. The SMILES string of the molecule is CC(C)(C)NC(=O)COc1ccc(Cl)cc1. The maximum absolute atomic E-state index is 11.4. The number of carbonyl (C=O) groups is 1. The van der Waals surface area contributed by atoms with E-state index in [1.165, 1.54) is 0 Å². The number of hydrogen-bond acceptors (Lipinski definition) is 2. The normalized spacial score (nSPS) is 11.0. The van der Waals surface area contributed by atoms with Crippen molar-refractivity contribution in [2.45, 2.75) is 26.3 Å². The molecule has 0 unspecified atom stereocenters. The summed E-state index contributed by atoms with van der Waals surface area (Å²) in [4.78, 5) is 11.4. The van der Waals surface area contributed by atoms with Crippen LogP contribution in [0.25, 0.3) is 0 Å². The molecule has 0 aliphatic carbocycles. The molecular formula is C12H16ClNO2. The first kappa shape index (κ1) is 12.8. The smallest absolute Gasteiger partial charge is 0.258 e. The van der Waals surface area contributed by atoms with Crippen LogP contribution >= 0.6 is 11.6 Å². The summed E-state index contributed by atoms with van der Waals surface area (Å²) in [6, 6.07) is 6.90. The maximum Gasteiger partial charge on any atom is 0.258 e. The number of ether oxygens (including phenoxy) is 1. The first-order valence-corrected chi connectivity index (χ1v) is 5.44. The van der Waals surface area contributed by atoms with Gasteiger partial charge in [0, 0.05) is 10.6 Å². The molecule has 1 N–H and O–H groups in total. The first-order chi connectivity index (χ1) is 7.37. The van der Waals surface area contributed by atoms with E-state index in [1.807, 2.05) is 20.8 Å². The van der Waals surface area contributed by atoms with E-state index >= 15 is 0 Å². The highest BCUT2D eigenvalue weighted by atomic mass is 35.5. The first-order valence-electron chi connectivity index (χ1n) is 5.06. The van der Waals surface area contributed by atoms with Gasteiger partial charge in [-0.05, 0) is 45.0 Å². The molecule has 0 aliphatic rings. The third-order valence-electron chi connectivity index (χ3n) is 1.70.